The van der Waals surface area contributed by atoms with Gasteiger partial charge in [-0.15, -0.1) is 0 Å². The van der Waals surface area contributed by atoms with Gasteiger partial charge in [0.15, 0.2) is 8.32 Å². The van der Waals surface area contributed by atoms with Gasteiger partial charge in [-0.3, -0.25) is 4.90 Å². The Balaban J connectivity index is 1.35. The van der Waals surface area contributed by atoms with Gasteiger partial charge in [0.25, 0.3) is 0 Å². The zero-order valence-corrected chi connectivity index (χ0v) is 23.0. The molecule has 1 aromatic heterocycles. The highest BCUT2D eigenvalue weighted by molar-refractivity contribution is 6.74. The van der Waals surface area contributed by atoms with E-state index < -0.39 is 8.32 Å². The Morgan fingerprint density at radius 2 is 1.76 bits per heavy atom. The Kier molecular flexibility index (Phi) is 7.30. The molecule has 0 spiro atoms. The SMILES string of the molecule is CC(C)N1CCC(Oc2ccc3c(c2)cc2n3CCN(CCO[Si](C)(C)C(C)(C)C)C2)CC1. The van der Waals surface area contributed by atoms with Crippen molar-refractivity contribution in [2.75, 3.05) is 32.8 Å². The standard InChI is InChI=1S/C27H45N3O2Si/c1-21(2)29-12-10-24(11-13-29)32-25-8-9-26-22(19-25)18-23-20-28(14-15-30(23)26)16-17-31-33(6,7)27(3,4)5/h8-9,18-19,21,24H,10-17,20H2,1-7H3. The molecule has 5 nitrogen and oxygen atoms in total. The fourth-order valence-electron chi connectivity index (χ4n) is 4.86. The van der Waals surface area contributed by atoms with Crippen LogP contribution in [-0.4, -0.2) is 67.6 Å². The van der Waals surface area contributed by atoms with Crippen molar-refractivity contribution in [1.29, 1.82) is 0 Å². The van der Waals surface area contributed by atoms with Crippen LogP contribution in [0.5, 0.6) is 5.75 Å². The summed E-state index contributed by atoms with van der Waals surface area (Å²) in [5, 5.41) is 1.58. The molecule has 0 aliphatic carbocycles. The summed E-state index contributed by atoms with van der Waals surface area (Å²) in [4.78, 5) is 5.09. The molecule has 1 saturated heterocycles. The molecule has 0 bridgehead atoms. The molecule has 0 radical (unpaired) electrons. The number of ether oxygens (including phenoxy) is 1. The third-order valence-corrected chi connectivity index (χ3v) is 12.7. The molecule has 1 fully saturated rings. The second kappa shape index (κ2) is 9.72. The molecule has 2 aromatic rings. The minimum absolute atomic E-state index is 0.270. The van der Waals surface area contributed by atoms with Crippen LogP contribution in [0.4, 0.5) is 0 Å². The highest BCUT2D eigenvalue weighted by atomic mass is 28.4. The summed E-state index contributed by atoms with van der Waals surface area (Å²) >= 11 is 0. The van der Waals surface area contributed by atoms with E-state index in [1.165, 1.54) is 16.6 Å². The molecule has 3 heterocycles. The molecule has 0 unspecified atom stereocenters. The van der Waals surface area contributed by atoms with E-state index >= 15 is 0 Å². The van der Waals surface area contributed by atoms with Crippen molar-refractivity contribution in [3.63, 3.8) is 0 Å². The first kappa shape index (κ1) is 24.8. The first-order valence-corrected chi connectivity index (χ1v) is 15.8. The number of rotatable bonds is 7. The first-order valence-electron chi connectivity index (χ1n) is 12.9. The molecule has 6 heteroatoms. The van der Waals surface area contributed by atoms with E-state index in [-0.39, 0.29) is 5.04 Å². The molecular formula is C27H45N3O2Si. The number of benzene rings is 1. The van der Waals surface area contributed by atoms with Crippen molar-refractivity contribution in [2.45, 2.75) is 90.8 Å². The van der Waals surface area contributed by atoms with Crippen molar-refractivity contribution in [2.24, 2.45) is 0 Å². The van der Waals surface area contributed by atoms with Crippen molar-refractivity contribution in [1.82, 2.24) is 14.4 Å². The van der Waals surface area contributed by atoms with Crippen molar-refractivity contribution in [3.8, 4) is 5.75 Å². The summed E-state index contributed by atoms with van der Waals surface area (Å²) in [6.45, 7) is 23.4. The molecule has 0 N–H and O–H groups in total. The van der Waals surface area contributed by atoms with Crippen LogP contribution in [0.15, 0.2) is 24.3 Å². The van der Waals surface area contributed by atoms with Crippen LogP contribution in [0, 0.1) is 0 Å². The predicted octanol–water partition coefficient (Wildman–Crippen LogP) is 5.73. The average Bonchev–Trinajstić information content (AvgIpc) is 3.10. The molecule has 0 amide bonds. The van der Waals surface area contributed by atoms with Crippen molar-refractivity contribution in [3.05, 3.63) is 30.0 Å². The minimum atomic E-state index is -1.67. The molecule has 184 valence electrons. The van der Waals surface area contributed by atoms with Gasteiger partial charge in [-0.05, 0) is 69.1 Å². The van der Waals surface area contributed by atoms with E-state index in [1.807, 2.05) is 0 Å². The molecule has 33 heavy (non-hydrogen) atoms. The third-order valence-electron chi connectivity index (χ3n) is 8.17. The Bertz CT molecular complexity index is 939. The fourth-order valence-corrected chi connectivity index (χ4v) is 5.90. The molecule has 2 aliphatic rings. The van der Waals surface area contributed by atoms with E-state index in [0.29, 0.717) is 12.1 Å². The van der Waals surface area contributed by atoms with Crippen LogP contribution in [0.1, 0.15) is 53.2 Å². The molecular weight excluding hydrogens is 426 g/mol. The zero-order chi connectivity index (χ0) is 23.8. The Hall–Kier alpha value is -1.34. The highest BCUT2D eigenvalue weighted by Gasteiger charge is 2.37. The number of piperidine rings is 1. The lowest BCUT2D eigenvalue weighted by Crippen LogP contribution is -2.43. The Morgan fingerprint density at radius 3 is 2.42 bits per heavy atom. The topological polar surface area (TPSA) is 29.9 Å². The van der Waals surface area contributed by atoms with Gasteiger partial charge in [0.1, 0.15) is 11.9 Å². The predicted molar refractivity (Wildman–Crippen MR) is 141 cm³/mol. The summed E-state index contributed by atoms with van der Waals surface area (Å²) in [5.41, 5.74) is 2.75. The second-order valence-electron chi connectivity index (χ2n) is 11.8. The van der Waals surface area contributed by atoms with Crippen LogP contribution in [-0.2, 0) is 17.5 Å². The van der Waals surface area contributed by atoms with Crippen molar-refractivity contribution >= 4 is 19.2 Å². The van der Waals surface area contributed by atoms with Gasteiger partial charge in [-0.1, -0.05) is 20.8 Å². The Morgan fingerprint density at radius 1 is 1.03 bits per heavy atom. The van der Waals surface area contributed by atoms with Crippen LogP contribution >= 0.6 is 0 Å². The summed E-state index contributed by atoms with van der Waals surface area (Å²) in [5.74, 6) is 1.02. The highest BCUT2D eigenvalue weighted by Crippen LogP contribution is 2.36. The molecule has 0 atom stereocenters. The van der Waals surface area contributed by atoms with Gasteiger partial charge >= 0.3 is 0 Å². The van der Waals surface area contributed by atoms with Crippen LogP contribution in [0.25, 0.3) is 10.9 Å². The zero-order valence-electron chi connectivity index (χ0n) is 22.0. The third kappa shape index (κ3) is 5.67. The molecule has 1 aromatic carbocycles. The largest absolute Gasteiger partial charge is 0.490 e. The molecule has 4 rings (SSSR count). The van der Waals surface area contributed by atoms with Crippen LogP contribution in [0.3, 0.4) is 0 Å². The maximum atomic E-state index is 6.42. The summed E-state index contributed by atoms with van der Waals surface area (Å²) in [6, 6.07) is 9.68. The monoisotopic (exact) mass is 471 g/mol. The number of hydrogen-bond donors (Lipinski definition) is 0. The van der Waals surface area contributed by atoms with E-state index in [2.05, 4.69) is 86.3 Å². The van der Waals surface area contributed by atoms with E-state index in [4.69, 9.17) is 9.16 Å². The summed E-state index contributed by atoms with van der Waals surface area (Å²) in [6.07, 6.45) is 2.58. The lowest BCUT2D eigenvalue weighted by atomic mass is 10.1. The lowest BCUT2D eigenvalue weighted by molar-refractivity contribution is 0.0844. The van der Waals surface area contributed by atoms with Gasteiger partial charge in [-0.25, -0.2) is 0 Å². The minimum Gasteiger partial charge on any atom is -0.490 e. The molecule has 2 aliphatic heterocycles. The smallest absolute Gasteiger partial charge is 0.192 e. The van der Waals surface area contributed by atoms with E-state index in [0.717, 1.165) is 64.5 Å². The number of hydrogen-bond acceptors (Lipinski definition) is 4. The number of fused-ring (bicyclic) bond motifs is 3. The normalized spacial score (nSPS) is 19.4. The van der Waals surface area contributed by atoms with Crippen LogP contribution < -0.4 is 4.74 Å². The van der Waals surface area contributed by atoms with Gasteiger partial charge in [0.05, 0.1) is 0 Å². The van der Waals surface area contributed by atoms with Crippen LogP contribution in [0.2, 0.25) is 18.1 Å². The van der Waals surface area contributed by atoms with Gasteiger partial charge in [0, 0.05) is 68.5 Å². The van der Waals surface area contributed by atoms with Gasteiger partial charge in [0.2, 0.25) is 0 Å². The second-order valence-corrected chi connectivity index (χ2v) is 16.6. The van der Waals surface area contributed by atoms with Gasteiger partial charge in [-0.2, -0.15) is 0 Å². The Labute approximate surface area is 202 Å². The van der Waals surface area contributed by atoms with E-state index in [1.54, 1.807) is 0 Å². The van der Waals surface area contributed by atoms with Crippen molar-refractivity contribution < 1.29 is 9.16 Å². The number of aromatic nitrogens is 1. The molecule has 0 saturated carbocycles. The summed E-state index contributed by atoms with van der Waals surface area (Å²) < 4.78 is 15.3. The maximum Gasteiger partial charge on any atom is 0.192 e. The number of likely N-dealkylation sites (tertiary alicyclic amines) is 1. The number of nitrogens with zero attached hydrogens (tertiary/aromatic N) is 3. The maximum absolute atomic E-state index is 6.42. The quantitative estimate of drug-likeness (QED) is 0.482. The van der Waals surface area contributed by atoms with E-state index in [9.17, 15) is 0 Å². The average molecular weight is 472 g/mol. The van der Waals surface area contributed by atoms with Gasteiger partial charge < -0.3 is 18.6 Å². The summed E-state index contributed by atoms with van der Waals surface area (Å²) in [7, 11) is -1.67. The fraction of sp³-hybridized carbons (Fsp3) is 0.704. The lowest BCUT2D eigenvalue weighted by Gasteiger charge is -2.37. The first-order chi connectivity index (χ1) is 15.5.